The van der Waals surface area contributed by atoms with Crippen LogP contribution in [0.15, 0.2) is 36.4 Å². The van der Waals surface area contributed by atoms with Gasteiger partial charge in [0.05, 0.1) is 15.7 Å². The van der Waals surface area contributed by atoms with Crippen molar-refractivity contribution in [2.24, 2.45) is 5.92 Å². The average Bonchev–Trinajstić information content (AvgIpc) is 2.62. The van der Waals surface area contributed by atoms with Crippen molar-refractivity contribution in [2.75, 3.05) is 18.4 Å². The van der Waals surface area contributed by atoms with E-state index in [0.717, 1.165) is 0 Å². The average molecular weight is 416 g/mol. The van der Waals surface area contributed by atoms with Crippen LogP contribution in [-0.2, 0) is 11.3 Å². The molecule has 3 nitrogen and oxygen atoms in total. The van der Waals surface area contributed by atoms with E-state index in [1.165, 1.54) is 6.07 Å². The molecule has 1 saturated heterocycles. The van der Waals surface area contributed by atoms with Crippen LogP contribution < -0.4 is 5.32 Å². The summed E-state index contributed by atoms with van der Waals surface area (Å²) in [6.07, 6.45) is 1.36. The molecule has 1 amide bonds. The van der Waals surface area contributed by atoms with E-state index >= 15 is 0 Å². The monoisotopic (exact) mass is 414 g/mol. The molecule has 0 aliphatic carbocycles. The fourth-order valence-electron chi connectivity index (χ4n) is 3.10. The third-order valence-electron chi connectivity index (χ3n) is 4.61. The third kappa shape index (κ3) is 4.49. The van der Waals surface area contributed by atoms with Crippen molar-refractivity contribution < 1.29 is 9.18 Å². The number of benzene rings is 2. The second-order valence-electron chi connectivity index (χ2n) is 6.34. The van der Waals surface area contributed by atoms with Crippen LogP contribution in [0, 0.1) is 11.7 Å². The Morgan fingerprint density at radius 1 is 1.04 bits per heavy atom. The fourth-order valence-corrected chi connectivity index (χ4v) is 3.82. The normalized spacial score (nSPS) is 15.8. The Labute approximate surface area is 167 Å². The van der Waals surface area contributed by atoms with Gasteiger partial charge in [0, 0.05) is 23.0 Å². The molecule has 0 saturated carbocycles. The van der Waals surface area contributed by atoms with Gasteiger partial charge in [-0.25, -0.2) is 4.39 Å². The molecule has 0 atom stereocenters. The summed E-state index contributed by atoms with van der Waals surface area (Å²) in [7, 11) is 0. The highest BCUT2D eigenvalue weighted by Crippen LogP contribution is 2.31. The van der Waals surface area contributed by atoms with Crippen LogP contribution in [0.25, 0.3) is 0 Å². The standard InChI is InChI=1S/C19H18Cl3FN2O/c20-14-3-2-6-17(23)13(14)11-25-9-7-12(8-10-25)19(26)24-18-15(21)4-1-5-16(18)22/h1-6,12H,7-11H2,(H,24,26). The number of para-hydroxylation sites is 1. The minimum absolute atomic E-state index is 0.0939. The molecule has 138 valence electrons. The zero-order chi connectivity index (χ0) is 18.7. The lowest BCUT2D eigenvalue weighted by Crippen LogP contribution is -2.38. The van der Waals surface area contributed by atoms with E-state index < -0.39 is 0 Å². The highest BCUT2D eigenvalue weighted by Gasteiger charge is 2.26. The number of hydrogen-bond acceptors (Lipinski definition) is 2. The van der Waals surface area contributed by atoms with E-state index in [0.29, 0.717) is 58.8 Å². The number of likely N-dealkylation sites (tertiary alicyclic amines) is 1. The summed E-state index contributed by atoms with van der Waals surface area (Å²) in [6, 6.07) is 9.79. The lowest BCUT2D eigenvalue weighted by Gasteiger charge is -2.31. The number of nitrogens with zero attached hydrogens (tertiary/aromatic N) is 1. The summed E-state index contributed by atoms with van der Waals surface area (Å²) in [6.45, 7) is 1.83. The minimum Gasteiger partial charge on any atom is -0.323 e. The first kappa shape index (κ1) is 19.4. The van der Waals surface area contributed by atoms with Crippen molar-refractivity contribution in [1.29, 1.82) is 0 Å². The zero-order valence-electron chi connectivity index (χ0n) is 13.9. The Morgan fingerprint density at radius 2 is 1.62 bits per heavy atom. The van der Waals surface area contributed by atoms with Crippen LogP contribution >= 0.6 is 34.8 Å². The van der Waals surface area contributed by atoms with Gasteiger partial charge in [-0.2, -0.15) is 0 Å². The van der Waals surface area contributed by atoms with Crippen molar-refractivity contribution in [3.8, 4) is 0 Å². The number of hydrogen-bond donors (Lipinski definition) is 1. The molecule has 0 bridgehead atoms. The number of piperidine rings is 1. The molecule has 1 N–H and O–H groups in total. The number of nitrogens with one attached hydrogen (secondary N) is 1. The van der Waals surface area contributed by atoms with Crippen molar-refractivity contribution >= 4 is 46.4 Å². The summed E-state index contributed by atoms with van der Waals surface area (Å²) < 4.78 is 13.9. The number of carbonyl (C=O) groups is 1. The second-order valence-corrected chi connectivity index (χ2v) is 7.56. The summed E-state index contributed by atoms with van der Waals surface area (Å²) in [5.74, 6) is -0.524. The van der Waals surface area contributed by atoms with E-state index in [4.69, 9.17) is 34.8 Å². The Hall–Kier alpha value is -1.33. The molecule has 1 heterocycles. The Balaban J connectivity index is 1.57. The first-order chi connectivity index (χ1) is 12.5. The molecule has 2 aromatic carbocycles. The third-order valence-corrected chi connectivity index (χ3v) is 5.60. The van der Waals surface area contributed by atoms with Gasteiger partial charge >= 0.3 is 0 Å². The number of amides is 1. The van der Waals surface area contributed by atoms with Gasteiger partial charge in [-0.1, -0.05) is 46.9 Å². The summed E-state index contributed by atoms with van der Waals surface area (Å²) in [5.41, 5.74) is 0.946. The van der Waals surface area contributed by atoms with Gasteiger partial charge in [0.25, 0.3) is 0 Å². The Morgan fingerprint density at radius 3 is 2.23 bits per heavy atom. The zero-order valence-corrected chi connectivity index (χ0v) is 16.2. The van der Waals surface area contributed by atoms with E-state index in [9.17, 15) is 9.18 Å². The topological polar surface area (TPSA) is 32.3 Å². The molecule has 3 rings (SSSR count). The molecule has 1 aliphatic heterocycles. The van der Waals surface area contributed by atoms with Crippen molar-refractivity contribution in [2.45, 2.75) is 19.4 Å². The van der Waals surface area contributed by atoms with E-state index in [2.05, 4.69) is 10.2 Å². The Kier molecular flexibility index (Phi) is 6.41. The number of anilines is 1. The SMILES string of the molecule is O=C(Nc1c(Cl)cccc1Cl)C1CCN(Cc2c(F)cccc2Cl)CC1. The van der Waals surface area contributed by atoms with Gasteiger partial charge in [0.2, 0.25) is 5.91 Å². The lowest BCUT2D eigenvalue weighted by atomic mass is 9.95. The molecular formula is C19H18Cl3FN2O. The highest BCUT2D eigenvalue weighted by molar-refractivity contribution is 6.39. The van der Waals surface area contributed by atoms with Gasteiger partial charge in [0.15, 0.2) is 0 Å². The molecular weight excluding hydrogens is 398 g/mol. The molecule has 0 spiro atoms. The molecule has 0 radical (unpaired) electrons. The van der Waals surface area contributed by atoms with Gasteiger partial charge in [-0.15, -0.1) is 0 Å². The second kappa shape index (κ2) is 8.57. The molecule has 0 aromatic heterocycles. The van der Waals surface area contributed by atoms with Gasteiger partial charge in [-0.3, -0.25) is 9.69 Å². The predicted molar refractivity (Wildman–Crippen MR) is 105 cm³/mol. The maximum absolute atomic E-state index is 13.9. The molecule has 1 fully saturated rings. The van der Waals surface area contributed by atoms with Crippen molar-refractivity contribution in [1.82, 2.24) is 4.90 Å². The number of carbonyl (C=O) groups excluding carboxylic acids is 1. The first-order valence-electron chi connectivity index (χ1n) is 8.36. The van der Waals surface area contributed by atoms with Gasteiger partial charge in [0.1, 0.15) is 5.82 Å². The number of halogens is 4. The maximum Gasteiger partial charge on any atom is 0.227 e. The predicted octanol–water partition coefficient (Wildman–Crippen LogP) is 5.64. The van der Waals surface area contributed by atoms with E-state index in [1.807, 2.05) is 0 Å². The molecule has 2 aromatic rings. The van der Waals surface area contributed by atoms with Crippen molar-refractivity contribution in [3.63, 3.8) is 0 Å². The largest absolute Gasteiger partial charge is 0.323 e. The molecule has 1 aliphatic rings. The van der Waals surface area contributed by atoms with Crippen LogP contribution in [0.4, 0.5) is 10.1 Å². The summed E-state index contributed by atoms with van der Waals surface area (Å²) in [5, 5.41) is 4.09. The summed E-state index contributed by atoms with van der Waals surface area (Å²) in [4.78, 5) is 14.6. The maximum atomic E-state index is 13.9. The summed E-state index contributed by atoms with van der Waals surface area (Å²) >= 11 is 18.3. The van der Waals surface area contributed by atoms with Crippen LogP contribution in [-0.4, -0.2) is 23.9 Å². The highest BCUT2D eigenvalue weighted by atomic mass is 35.5. The fraction of sp³-hybridized carbons (Fsp3) is 0.316. The number of rotatable bonds is 4. The van der Waals surface area contributed by atoms with Gasteiger partial charge < -0.3 is 5.32 Å². The minimum atomic E-state index is -0.300. The van der Waals surface area contributed by atoms with Gasteiger partial charge in [-0.05, 0) is 50.2 Å². The first-order valence-corrected chi connectivity index (χ1v) is 9.49. The smallest absolute Gasteiger partial charge is 0.227 e. The van der Waals surface area contributed by atoms with Crippen LogP contribution in [0.3, 0.4) is 0 Å². The Bertz CT molecular complexity index is 767. The van der Waals surface area contributed by atoms with E-state index in [1.54, 1.807) is 30.3 Å². The van der Waals surface area contributed by atoms with Crippen molar-refractivity contribution in [3.05, 3.63) is 62.8 Å². The molecule has 26 heavy (non-hydrogen) atoms. The lowest BCUT2D eigenvalue weighted by molar-refractivity contribution is -0.121. The quantitative estimate of drug-likeness (QED) is 0.701. The molecule has 0 unspecified atom stereocenters. The molecule has 7 heteroatoms. The van der Waals surface area contributed by atoms with E-state index in [-0.39, 0.29) is 17.6 Å². The van der Waals surface area contributed by atoms with Crippen LogP contribution in [0.2, 0.25) is 15.1 Å². The van der Waals surface area contributed by atoms with Crippen LogP contribution in [0.5, 0.6) is 0 Å². The van der Waals surface area contributed by atoms with Crippen LogP contribution in [0.1, 0.15) is 18.4 Å².